The summed E-state index contributed by atoms with van der Waals surface area (Å²) in [6.07, 6.45) is -3.26. The second-order valence-corrected chi connectivity index (χ2v) is 17.2. The summed E-state index contributed by atoms with van der Waals surface area (Å²) in [5, 5.41) is 4.17. The van der Waals surface area contributed by atoms with E-state index in [4.69, 9.17) is 13.9 Å². The molecule has 0 aliphatic carbocycles. The molecule has 2 N–H and O–H groups in total. The third kappa shape index (κ3) is 9.42. The van der Waals surface area contributed by atoms with Gasteiger partial charge in [0, 0.05) is 18.2 Å². The molecule has 10 nitrogen and oxygen atoms in total. The zero-order valence-electron chi connectivity index (χ0n) is 25.4. The van der Waals surface area contributed by atoms with Crippen LogP contribution in [0.4, 0.5) is 19.0 Å². The zero-order chi connectivity index (χ0) is 32.7. The number of anilines is 1. The first kappa shape index (κ1) is 35.3. The van der Waals surface area contributed by atoms with E-state index < -0.39 is 57.0 Å². The molecular formula is C29H37F3N4O6SSi. The Labute approximate surface area is 259 Å². The van der Waals surface area contributed by atoms with Crippen molar-refractivity contribution < 1.29 is 36.7 Å². The van der Waals surface area contributed by atoms with Crippen molar-refractivity contribution in [2.75, 3.05) is 30.7 Å². The van der Waals surface area contributed by atoms with Gasteiger partial charge in [-0.05, 0) is 36.5 Å². The van der Waals surface area contributed by atoms with Crippen molar-refractivity contribution in [2.45, 2.75) is 69.9 Å². The predicted octanol–water partition coefficient (Wildman–Crippen LogP) is 4.54. The van der Waals surface area contributed by atoms with E-state index >= 15 is 0 Å². The second-order valence-electron chi connectivity index (χ2n) is 11.5. The van der Waals surface area contributed by atoms with Crippen molar-refractivity contribution in [3.8, 4) is 11.8 Å². The van der Waals surface area contributed by atoms with Crippen LogP contribution in [0.15, 0.2) is 41.3 Å². The fourth-order valence-corrected chi connectivity index (χ4v) is 5.18. The van der Waals surface area contributed by atoms with Gasteiger partial charge in [-0.15, -0.1) is 11.8 Å². The molecule has 0 saturated carbocycles. The minimum atomic E-state index is -5.06. The third-order valence-corrected chi connectivity index (χ3v) is 12.2. The molecule has 3 rings (SSSR count). The highest BCUT2D eigenvalue weighted by Crippen LogP contribution is 2.38. The minimum Gasteiger partial charge on any atom is -0.414 e. The first-order valence-electron chi connectivity index (χ1n) is 13.8. The van der Waals surface area contributed by atoms with Crippen LogP contribution in [0.25, 0.3) is 0 Å². The molecule has 1 fully saturated rings. The molecule has 2 aromatic rings. The van der Waals surface area contributed by atoms with E-state index in [1.54, 1.807) is 35.6 Å². The van der Waals surface area contributed by atoms with Gasteiger partial charge in [0.1, 0.15) is 12.3 Å². The Balaban J connectivity index is 1.92. The quantitative estimate of drug-likeness (QED) is 0.218. The van der Waals surface area contributed by atoms with E-state index in [2.05, 4.69) is 56.0 Å². The van der Waals surface area contributed by atoms with E-state index in [-0.39, 0.29) is 35.0 Å². The predicted molar refractivity (Wildman–Crippen MR) is 164 cm³/mol. The number of alkyl halides is 3. The number of carbonyl (C=O) groups excluding carboxylic acids is 2. The van der Waals surface area contributed by atoms with Crippen LogP contribution >= 0.6 is 11.8 Å². The van der Waals surface area contributed by atoms with Gasteiger partial charge >= 0.3 is 17.8 Å². The number of thioether (sulfide) groups is 1. The van der Waals surface area contributed by atoms with Crippen LogP contribution < -0.4 is 16.3 Å². The first-order chi connectivity index (χ1) is 20.5. The van der Waals surface area contributed by atoms with Crippen LogP contribution in [-0.4, -0.2) is 73.4 Å². The number of amides is 2. The van der Waals surface area contributed by atoms with Gasteiger partial charge in [-0.3, -0.25) is 14.2 Å². The second kappa shape index (κ2) is 14.7. The van der Waals surface area contributed by atoms with Crippen LogP contribution in [0.5, 0.6) is 0 Å². The molecule has 44 heavy (non-hydrogen) atoms. The Morgan fingerprint density at radius 2 is 1.89 bits per heavy atom. The number of hydrogen-bond acceptors (Lipinski definition) is 8. The van der Waals surface area contributed by atoms with Gasteiger partial charge in [-0.1, -0.05) is 50.8 Å². The molecule has 2 amide bonds. The number of hydrogen-bond donors (Lipinski definition) is 2. The number of carbonyl (C=O) groups is 2. The Morgan fingerprint density at radius 1 is 1.20 bits per heavy atom. The molecule has 0 bridgehead atoms. The van der Waals surface area contributed by atoms with Gasteiger partial charge in [-0.25, -0.2) is 4.79 Å². The van der Waals surface area contributed by atoms with Crippen molar-refractivity contribution in [1.29, 1.82) is 0 Å². The molecule has 1 aliphatic rings. The van der Waals surface area contributed by atoms with Crippen molar-refractivity contribution in [2.24, 2.45) is 0 Å². The molecule has 1 aromatic heterocycles. The lowest BCUT2D eigenvalue weighted by atomic mass is 10.2. The topological polar surface area (TPSA) is 121 Å². The highest BCUT2D eigenvalue weighted by molar-refractivity contribution is 7.98. The van der Waals surface area contributed by atoms with Crippen molar-refractivity contribution in [1.82, 2.24) is 14.9 Å². The molecule has 0 spiro atoms. The number of aromatic nitrogens is 2. The number of nitrogens with zero attached hydrogens (tertiary/aromatic N) is 2. The highest BCUT2D eigenvalue weighted by atomic mass is 32.2. The van der Waals surface area contributed by atoms with Gasteiger partial charge in [0.15, 0.2) is 14.1 Å². The molecular weight excluding hydrogens is 617 g/mol. The molecule has 1 aromatic carbocycles. The number of nitrogens with one attached hydrogen (secondary N) is 2. The lowest BCUT2D eigenvalue weighted by molar-refractivity contribution is -0.173. The molecule has 0 unspecified atom stereocenters. The Hall–Kier alpha value is -3.16. The molecule has 2 heterocycles. The van der Waals surface area contributed by atoms with Crippen LogP contribution in [-0.2, 0) is 18.7 Å². The van der Waals surface area contributed by atoms with E-state index in [1.165, 1.54) is 22.5 Å². The lowest BCUT2D eigenvalue weighted by Crippen LogP contribution is -2.44. The smallest absolute Gasteiger partial charge is 0.414 e. The van der Waals surface area contributed by atoms with E-state index in [0.717, 1.165) is 0 Å². The third-order valence-electron chi connectivity index (χ3n) is 7.34. The van der Waals surface area contributed by atoms with E-state index in [9.17, 15) is 27.6 Å². The number of halogens is 3. The average molecular weight is 655 g/mol. The van der Waals surface area contributed by atoms with E-state index in [0.29, 0.717) is 5.94 Å². The van der Waals surface area contributed by atoms with Crippen molar-refractivity contribution in [3.63, 3.8) is 0 Å². The number of ether oxygens (including phenoxy) is 2. The summed E-state index contributed by atoms with van der Waals surface area (Å²) >= 11 is 1.49. The highest BCUT2D eigenvalue weighted by Gasteiger charge is 2.42. The van der Waals surface area contributed by atoms with Gasteiger partial charge in [0.25, 0.3) is 5.91 Å². The standard InChI is InChI=1S/C29H37F3N4O6SSi/c1-28(2,3)44(5,6)41-17-22-21(40-18-43-4)15-23(42-22)36-16-20(13-10-14-33-26(38)29(30,31)32)24(35-27(36)39)34-25(37)19-11-8-7-9-12-19/h7-9,11-12,16,21-23H,14-15,17-18H2,1-6H3,(H,33,38)(H,34,35,37,39)/t21-,22+,23+/m0/s1. The fraction of sp³-hybridized carbons (Fsp3) is 0.517. The van der Waals surface area contributed by atoms with Crippen LogP contribution in [0.2, 0.25) is 18.1 Å². The lowest BCUT2D eigenvalue weighted by Gasteiger charge is -2.37. The molecule has 0 radical (unpaired) electrons. The molecule has 1 saturated heterocycles. The molecule has 1 aliphatic heterocycles. The van der Waals surface area contributed by atoms with Gasteiger partial charge in [0.05, 0.1) is 30.8 Å². The number of rotatable bonds is 10. The summed E-state index contributed by atoms with van der Waals surface area (Å²) in [5.41, 5.74) is -0.433. The Morgan fingerprint density at radius 3 is 2.50 bits per heavy atom. The summed E-state index contributed by atoms with van der Waals surface area (Å²) in [5.74, 6) is 2.51. The van der Waals surface area contributed by atoms with Gasteiger partial charge in [0.2, 0.25) is 0 Å². The van der Waals surface area contributed by atoms with Crippen LogP contribution in [0.1, 0.15) is 49.3 Å². The summed E-state index contributed by atoms with van der Waals surface area (Å²) in [4.78, 5) is 41.2. The van der Waals surface area contributed by atoms with Crippen LogP contribution in [0.3, 0.4) is 0 Å². The first-order valence-corrected chi connectivity index (χ1v) is 18.1. The maximum atomic E-state index is 13.2. The van der Waals surface area contributed by atoms with Gasteiger partial charge in [-0.2, -0.15) is 18.2 Å². The van der Waals surface area contributed by atoms with Crippen molar-refractivity contribution in [3.05, 3.63) is 58.1 Å². The van der Waals surface area contributed by atoms with Crippen molar-refractivity contribution >= 4 is 37.7 Å². The summed E-state index contributed by atoms with van der Waals surface area (Å²) in [6, 6.07) is 8.15. The van der Waals surface area contributed by atoms with Crippen LogP contribution in [0, 0.1) is 11.8 Å². The summed E-state index contributed by atoms with van der Waals surface area (Å²) in [7, 11) is -2.12. The van der Waals surface area contributed by atoms with Gasteiger partial charge < -0.3 is 24.5 Å². The Kier molecular flexibility index (Phi) is 11.8. The maximum Gasteiger partial charge on any atom is 0.471 e. The summed E-state index contributed by atoms with van der Waals surface area (Å²) < 4.78 is 57.6. The maximum absolute atomic E-state index is 13.2. The average Bonchev–Trinajstić information content (AvgIpc) is 3.35. The zero-order valence-corrected chi connectivity index (χ0v) is 27.2. The SMILES string of the molecule is CSCO[C@H]1C[C@H](n2cc(C#CCNC(=O)C(F)(F)F)c(NC(=O)c3ccccc3)nc2=O)O[C@@H]1CO[Si](C)(C)C(C)(C)C. The normalized spacial score (nSPS) is 18.8. The monoisotopic (exact) mass is 654 g/mol. The largest absolute Gasteiger partial charge is 0.471 e. The summed E-state index contributed by atoms with van der Waals surface area (Å²) in [6.45, 7) is 10.2. The fourth-order valence-electron chi connectivity index (χ4n) is 3.85. The van der Waals surface area contributed by atoms with E-state index in [1.807, 2.05) is 6.26 Å². The molecule has 3 atom stereocenters. The number of benzene rings is 1. The molecule has 15 heteroatoms. The molecule has 240 valence electrons. The minimum absolute atomic E-state index is 0.0290. The Bertz CT molecular complexity index is 1440.